The number of carbonyl (C=O) groups excluding carboxylic acids is 1. The van der Waals surface area contributed by atoms with E-state index in [4.69, 9.17) is 14.4 Å². The number of amides is 1. The maximum Gasteiger partial charge on any atom is 0.407 e. The van der Waals surface area contributed by atoms with Crippen LogP contribution in [-0.4, -0.2) is 33.9 Å². The second kappa shape index (κ2) is 10.1. The minimum atomic E-state index is -0.926. The van der Waals surface area contributed by atoms with E-state index in [1.165, 1.54) is 11.1 Å². The number of carbonyl (C=O) groups is 2. The van der Waals surface area contributed by atoms with Gasteiger partial charge in [-0.1, -0.05) is 67.0 Å². The molecule has 36 heavy (non-hydrogen) atoms. The molecule has 0 aliphatic heterocycles. The van der Waals surface area contributed by atoms with Gasteiger partial charge in [0.25, 0.3) is 0 Å². The van der Waals surface area contributed by atoms with Crippen molar-refractivity contribution in [3.05, 3.63) is 71.4 Å². The number of ether oxygens (including phenoxy) is 1. The Balaban J connectivity index is 1.31. The van der Waals surface area contributed by atoms with Crippen LogP contribution in [0.25, 0.3) is 11.1 Å². The molecule has 0 radical (unpaired) electrons. The first kappa shape index (κ1) is 24.0. The molecule has 2 aliphatic rings. The Morgan fingerprint density at radius 1 is 1.08 bits per heavy atom. The van der Waals surface area contributed by atoms with Crippen molar-refractivity contribution in [2.75, 3.05) is 6.61 Å². The zero-order valence-corrected chi connectivity index (χ0v) is 20.4. The summed E-state index contributed by atoms with van der Waals surface area (Å²) >= 11 is 0. The molecule has 1 saturated carbocycles. The molecular weight excluding hydrogens is 458 g/mol. The number of aliphatic carboxylic acids is 1. The summed E-state index contributed by atoms with van der Waals surface area (Å²) in [5.74, 6) is 0.290. The Hall–Kier alpha value is -3.68. The van der Waals surface area contributed by atoms with Crippen LogP contribution in [0.15, 0.2) is 53.1 Å². The maximum atomic E-state index is 13.1. The number of aryl methyl sites for hydroxylation is 1. The van der Waals surface area contributed by atoms with Gasteiger partial charge in [0.1, 0.15) is 12.1 Å². The van der Waals surface area contributed by atoms with Crippen LogP contribution in [0.1, 0.15) is 74.2 Å². The Morgan fingerprint density at radius 2 is 1.72 bits per heavy atom. The fraction of sp³-hybridized carbons (Fsp3) is 0.429. The molecule has 8 nitrogen and oxygen atoms in total. The molecule has 0 bridgehead atoms. The van der Waals surface area contributed by atoms with E-state index in [9.17, 15) is 9.59 Å². The first-order chi connectivity index (χ1) is 17.5. The Kier molecular flexibility index (Phi) is 6.76. The van der Waals surface area contributed by atoms with E-state index in [2.05, 4.69) is 46.6 Å². The standard InChI is InChI=1S/C28H31N3O5/c1-2-18-13-15-28(16-14-18,26-29-24(36-31-26)11-12-25(32)33)30-27(34)35-17-23-21-9-5-3-7-19(21)20-8-4-6-10-22(20)23/h3-10,18,23H,2,11-17H2,1H3,(H,30,34)(H,32,33). The smallest absolute Gasteiger partial charge is 0.407 e. The van der Waals surface area contributed by atoms with Crippen molar-refractivity contribution in [1.82, 2.24) is 15.5 Å². The number of aromatic nitrogens is 2. The molecule has 1 aromatic heterocycles. The van der Waals surface area contributed by atoms with Crippen molar-refractivity contribution < 1.29 is 24.0 Å². The summed E-state index contributed by atoms with van der Waals surface area (Å²) in [6.07, 6.45) is 3.84. The first-order valence-corrected chi connectivity index (χ1v) is 12.7. The molecule has 2 N–H and O–H groups in total. The summed E-state index contributed by atoms with van der Waals surface area (Å²) in [6, 6.07) is 16.5. The highest BCUT2D eigenvalue weighted by molar-refractivity contribution is 5.79. The van der Waals surface area contributed by atoms with Crippen LogP contribution >= 0.6 is 0 Å². The fourth-order valence-corrected chi connectivity index (χ4v) is 5.58. The largest absolute Gasteiger partial charge is 0.481 e. The van der Waals surface area contributed by atoms with E-state index in [0.29, 0.717) is 24.6 Å². The van der Waals surface area contributed by atoms with Crippen molar-refractivity contribution in [2.45, 2.75) is 63.3 Å². The van der Waals surface area contributed by atoms with E-state index in [1.807, 2.05) is 24.3 Å². The molecule has 2 aliphatic carbocycles. The number of rotatable bonds is 8. The highest BCUT2D eigenvalue weighted by atomic mass is 16.5. The van der Waals surface area contributed by atoms with Crippen LogP contribution in [0, 0.1) is 5.92 Å². The highest BCUT2D eigenvalue weighted by Gasteiger charge is 2.42. The second-order valence-electron chi connectivity index (χ2n) is 9.79. The molecule has 1 amide bonds. The van der Waals surface area contributed by atoms with E-state index in [-0.39, 0.29) is 31.3 Å². The molecule has 8 heteroatoms. The van der Waals surface area contributed by atoms with Gasteiger partial charge in [-0.3, -0.25) is 4.79 Å². The molecule has 0 saturated heterocycles. The molecule has 1 fully saturated rings. The zero-order valence-electron chi connectivity index (χ0n) is 20.4. The van der Waals surface area contributed by atoms with Gasteiger partial charge in [-0.25, -0.2) is 4.79 Å². The molecule has 0 spiro atoms. The number of benzene rings is 2. The Bertz CT molecular complexity index is 1200. The normalized spacial score (nSPS) is 21.0. The van der Waals surface area contributed by atoms with E-state index >= 15 is 0 Å². The topological polar surface area (TPSA) is 115 Å². The number of hydrogen-bond acceptors (Lipinski definition) is 6. The summed E-state index contributed by atoms with van der Waals surface area (Å²) in [5.41, 5.74) is 3.88. The summed E-state index contributed by atoms with van der Waals surface area (Å²) in [7, 11) is 0. The van der Waals surface area contributed by atoms with Gasteiger partial charge in [0.05, 0.1) is 6.42 Å². The summed E-state index contributed by atoms with van der Waals surface area (Å²) in [4.78, 5) is 28.5. The lowest BCUT2D eigenvalue weighted by Gasteiger charge is -2.38. The monoisotopic (exact) mass is 489 g/mol. The number of nitrogens with zero attached hydrogens (tertiary/aromatic N) is 2. The molecule has 1 heterocycles. The number of alkyl carbamates (subject to hydrolysis) is 1. The minimum absolute atomic E-state index is 0.0253. The molecule has 5 rings (SSSR count). The van der Waals surface area contributed by atoms with Crippen LogP contribution in [0.3, 0.4) is 0 Å². The van der Waals surface area contributed by atoms with Gasteiger partial charge in [0.15, 0.2) is 5.82 Å². The van der Waals surface area contributed by atoms with Crippen LogP contribution in [0.2, 0.25) is 0 Å². The molecule has 3 aromatic rings. The number of carboxylic acids is 1. The van der Waals surface area contributed by atoms with Gasteiger partial charge < -0.3 is 19.7 Å². The van der Waals surface area contributed by atoms with Gasteiger partial charge in [0.2, 0.25) is 5.89 Å². The number of hydrogen-bond donors (Lipinski definition) is 2. The van der Waals surface area contributed by atoms with E-state index in [1.54, 1.807) is 0 Å². The summed E-state index contributed by atoms with van der Waals surface area (Å²) in [6.45, 7) is 2.40. The minimum Gasteiger partial charge on any atom is -0.481 e. The predicted octanol–water partition coefficient (Wildman–Crippen LogP) is 5.42. The maximum absolute atomic E-state index is 13.1. The van der Waals surface area contributed by atoms with E-state index < -0.39 is 17.6 Å². The van der Waals surface area contributed by atoms with Crippen molar-refractivity contribution >= 4 is 12.1 Å². The highest BCUT2D eigenvalue weighted by Crippen LogP contribution is 2.45. The molecule has 188 valence electrons. The zero-order chi connectivity index (χ0) is 25.1. The lowest BCUT2D eigenvalue weighted by molar-refractivity contribution is -0.137. The number of nitrogens with one attached hydrogen (secondary N) is 1. The third-order valence-electron chi connectivity index (χ3n) is 7.67. The second-order valence-corrected chi connectivity index (χ2v) is 9.79. The van der Waals surface area contributed by atoms with Crippen molar-refractivity contribution in [2.24, 2.45) is 5.92 Å². The van der Waals surface area contributed by atoms with Gasteiger partial charge in [-0.15, -0.1) is 0 Å². The third-order valence-corrected chi connectivity index (χ3v) is 7.67. The van der Waals surface area contributed by atoms with Crippen LogP contribution < -0.4 is 5.32 Å². The number of carboxylic acid groups (broad SMARTS) is 1. The van der Waals surface area contributed by atoms with Gasteiger partial charge in [-0.05, 0) is 53.9 Å². The van der Waals surface area contributed by atoms with Crippen molar-refractivity contribution in [3.8, 4) is 11.1 Å². The summed E-state index contributed by atoms with van der Waals surface area (Å²) < 4.78 is 11.1. The molecule has 0 atom stereocenters. The van der Waals surface area contributed by atoms with Crippen LogP contribution in [0.4, 0.5) is 4.79 Å². The lowest BCUT2D eigenvalue weighted by atomic mass is 9.75. The van der Waals surface area contributed by atoms with Crippen molar-refractivity contribution in [1.29, 1.82) is 0 Å². The quantitative estimate of drug-likeness (QED) is 0.434. The molecule has 2 aromatic carbocycles. The average molecular weight is 490 g/mol. The van der Waals surface area contributed by atoms with Crippen LogP contribution in [0.5, 0.6) is 0 Å². The number of fused-ring (bicyclic) bond motifs is 3. The predicted molar refractivity (Wildman–Crippen MR) is 132 cm³/mol. The van der Waals surface area contributed by atoms with Gasteiger partial charge >= 0.3 is 12.1 Å². The fourth-order valence-electron chi connectivity index (χ4n) is 5.58. The molecular formula is C28H31N3O5. The van der Waals surface area contributed by atoms with E-state index in [0.717, 1.165) is 30.4 Å². The Labute approximate surface area is 210 Å². The van der Waals surface area contributed by atoms with Crippen molar-refractivity contribution in [3.63, 3.8) is 0 Å². The molecule has 0 unspecified atom stereocenters. The van der Waals surface area contributed by atoms with Gasteiger partial charge in [-0.2, -0.15) is 4.98 Å². The van der Waals surface area contributed by atoms with Gasteiger partial charge in [0, 0.05) is 12.3 Å². The Morgan fingerprint density at radius 3 is 2.33 bits per heavy atom. The SMILES string of the molecule is CCC1CCC(NC(=O)OCC2c3ccccc3-c3ccccc32)(c2noc(CCC(=O)O)n2)CC1. The lowest BCUT2D eigenvalue weighted by Crippen LogP contribution is -2.49. The average Bonchev–Trinajstić information content (AvgIpc) is 3.50. The first-order valence-electron chi connectivity index (χ1n) is 12.7. The summed E-state index contributed by atoms with van der Waals surface area (Å²) in [5, 5.41) is 16.2. The van der Waals surface area contributed by atoms with Crippen LogP contribution in [-0.2, 0) is 21.5 Å². The third kappa shape index (κ3) is 4.72.